The summed E-state index contributed by atoms with van der Waals surface area (Å²) in [6, 6.07) is 11.6. The number of nitriles is 1. The smallest absolute Gasteiger partial charge is 0.227 e. The zero-order valence-corrected chi connectivity index (χ0v) is 17.4. The quantitative estimate of drug-likeness (QED) is 0.608. The molecule has 0 aliphatic heterocycles. The van der Waals surface area contributed by atoms with Crippen molar-refractivity contribution in [2.75, 3.05) is 5.32 Å². The van der Waals surface area contributed by atoms with Crippen molar-refractivity contribution in [1.29, 1.82) is 5.26 Å². The van der Waals surface area contributed by atoms with Gasteiger partial charge in [-0.15, -0.1) is 0 Å². The molecule has 2 aromatic heterocycles. The molecule has 3 aromatic rings. The fourth-order valence-electron chi connectivity index (χ4n) is 5.66. The van der Waals surface area contributed by atoms with Gasteiger partial charge >= 0.3 is 0 Å². The van der Waals surface area contributed by atoms with Gasteiger partial charge in [0.05, 0.1) is 23.8 Å². The van der Waals surface area contributed by atoms with Gasteiger partial charge in [-0.25, -0.2) is 13.8 Å². The van der Waals surface area contributed by atoms with E-state index in [1.165, 1.54) is 24.4 Å². The van der Waals surface area contributed by atoms with Gasteiger partial charge in [0.15, 0.2) is 0 Å². The number of nitrogens with one attached hydrogen (secondary N) is 1. The molecule has 162 valence electrons. The van der Waals surface area contributed by atoms with E-state index in [2.05, 4.69) is 15.3 Å². The molecule has 0 radical (unpaired) electrons. The molecule has 2 heterocycles. The molecule has 2 saturated carbocycles. The Hall–Kier alpha value is -3.40. The van der Waals surface area contributed by atoms with Gasteiger partial charge in [-0.05, 0) is 85.4 Å². The maximum atomic E-state index is 15.6. The van der Waals surface area contributed by atoms with Crippen molar-refractivity contribution in [1.82, 2.24) is 9.97 Å². The molecule has 5 rings (SSSR count). The number of nitrogens with zero attached hydrogens (tertiary/aromatic N) is 3. The largest absolute Gasteiger partial charge is 0.325 e. The molecule has 2 aliphatic carbocycles. The number of fused-ring (bicyclic) bond motifs is 2. The maximum Gasteiger partial charge on any atom is 0.227 e. The number of rotatable bonds is 4. The standard InChI is InChI=1S/C25H22F2N4O/c26-18-1-4-23-22(9-18)21(5-6-29-23)15-7-16-10-25(27,11-17(16)8-15)12-24(32)31-20-3-2-19(13-28)30-14-20/h1-6,9,14-17H,7-8,10-12H2,(H,31,32)/t15-,16-,17+,25?. The number of carbonyl (C=O) groups is 1. The Balaban J connectivity index is 1.24. The first-order chi connectivity index (χ1) is 15.4. The van der Waals surface area contributed by atoms with Crippen LogP contribution in [-0.4, -0.2) is 21.5 Å². The summed E-state index contributed by atoms with van der Waals surface area (Å²) in [7, 11) is 0. The molecule has 0 spiro atoms. The SMILES string of the molecule is N#Cc1ccc(NC(=O)CC2(F)C[C@H]3C[C@@H](c4ccnc5ccc(F)cc45)C[C@H]3C2)cn1. The van der Waals surface area contributed by atoms with Gasteiger partial charge in [-0.3, -0.25) is 9.78 Å². The van der Waals surface area contributed by atoms with Crippen molar-refractivity contribution in [3.8, 4) is 6.07 Å². The third kappa shape index (κ3) is 3.93. The molecule has 4 atom stereocenters. The molecular formula is C25H22F2N4O. The van der Waals surface area contributed by atoms with Crippen molar-refractivity contribution in [3.63, 3.8) is 0 Å². The van der Waals surface area contributed by atoms with Crippen molar-refractivity contribution < 1.29 is 13.6 Å². The van der Waals surface area contributed by atoms with Gasteiger partial charge in [0.25, 0.3) is 0 Å². The number of pyridine rings is 2. The third-order valence-corrected chi connectivity index (χ3v) is 6.91. The first-order valence-corrected chi connectivity index (χ1v) is 10.8. The predicted molar refractivity (Wildman–Crippen MR) is 116 cm³/mol. The van der Waals surface area contributed by atoms with Crippen LogP contribution in [0.1, 0.15) is 49.3 Å². The lowest BCUT2D eigenvalue weighted by atomic mass is 9.88. The summed E-state index contributed by atoms with van der Waals surface area (Å²) in [4.78, 5) is 20.7. The Labute approximate surface area is 184 Å². The molecule has 1 N–H and O–H groups in total. The Morgan fingerprint density at radius 3 is 2.62 bits per heavy atom. The average Bonchev–Trinajstić information content (AvgIpc) is 3.28. The number of aromatic nitrogens is 2. The van der Waals surface area contributed by atoms with Crippen molar-refractivity contribution >= 4 is 22.5 Å². The van der Waals surface area contributed by atoms with Crippen LogP contribution >= 0.6 is 0 Å². The average molecular weight is 432 g/mol. The number of halogens is 2. The second-order valence-corrected chi connectivity index (χ2v) is 9.08. The molecule has 1 aromatic carbocycles. The third-order valence-electron chi connectivity index (χ3n) is 6.91. The number of hydrogen-bond acceptors (Lipinski definition) is 4. The van der Waals surface area contributed by atoms with Crippen LogP contribution in [0.5, 0.6) is 0 Å². The summed E-state index contributed by atoms with van der Waals surface area (Å²) in [6.45, 7) is 0. The zero-order chi connectivity index (χ0) is 22.3. The molecular weight excluding hydrogens is 410 g/mol. The van der Waals surface area contributed by atoms with E-state index in [1.54, 1.807) is 18.3 Å². The first kappa shape index (κ1) is 20.5. The Morgan fingerprint density at radius 1 is 1.16 bits per heavy atom. The van der Waals surface area contributed by atoms with Gasteiger partial charge in [-0.2, -0.15) is 5.26 Å². The number of anilines is 1. The molecule has 7 heteroatoms. The van der Waals surface area contributed by atoms with E-state index >= 15 is 4.39 Å². The second-order valence-electron chi connectivity index (χ2n) is 9.08. The number of alkyl halides is 1. The molecule has 1 unspecified atom stereocenters. The van der Waals surface area contributed by atoms with Gasteiger partial charge in [0.1, 0.15) is 23.2 Å². The summed E-state index contributed by atoms with van der Waals surface area (Å²) in [6.07, 6.45) is 5.38. The highest BCUT2D eigenvalue weighted by molar-refractivity contribution is 5.91. The monoisotopic (exact) mass is 432 g/mol. The van der Waals surface area contributed by atoms with E-state index in [-0.39, 0.29) is 41.6 Å². The molecule has 0 bridgehead atoms. The lowest BCUT2D eigenvalue weighted by molar-refractivity contribution is -0.118. The lowest BCUT2D eigenvalue weighted by Gasteiger charge is -2.22. The van der Waals surface area contributed by atoms with Crippen LogP contribution < -0.4 is 5.32 Å². The summed E-state index contributed by atoms with van der Waals surface area (Å²) in [5, 5.41) is 12.3. The minimum Gasteiger partial charge on any atom is -0.325 e. The van der Waals surface area contributed by atoms with Crippen LogP contribution in [0.4, 0.5) is 14.5 Å². The van der Waals surface area contributed by atoms with Crippen LogP contribution in [0.2, 0.25) is 0 Å². The molecule has 1 amide bonds. The van der Waals surface area contributed by atoms with Gasteiger partial charge in [0.2, 0.25) is 5.91 Å². The van der Waals surface area contributed by atoms with Crippen LogP contribution in [0.3, 0.4) is 0 Å². The maximum absolute atomic E-state index is 15.6. The molecule has 5 nitrogen and oxygen atoms in total. The van der Waals surface area contributed by atoms with E-state index < -0.39 is 5.67 Å². The van der Waals surface area contributed by atoms with Gasteiger partial charge in [0, 0.05) is 11.6 Å². The zero-order valence-electron chi connectivity index (χ0n) is 17.4. The number of amides is 1. The van der Waals surface area contributed by atoms with Crippen LogP contribution in [-0.2, 0) is 4.79 Å². The highest BCUT2D eigenvalue weighted by Gasteiger charge is 2.51. The first-order valence-electron chi connectivity index (χ1n) is 10.8. The highest BCUT2D eigenvalue weighted by Crippen LogP contribution is 2.56. The van der Waals surface area contributed by atoms with E-state index in [0.717, 1.165) is 29.3 Å². The van der Waals surface area contributed by atoms with Crippen molar-refractivity contribution in [3.05, 3.63) is 65.9 Å². The van der Waals surface area contributed by atoms with E-state index in [0.29, 0.717) is 18.5 Å². The van der Waals surface area contributed by atoms with Crippen LogP contribution in [0.15, 0.2) is 48.8 Å². The fourth-order valence-corrected chi connectivity index (χ4v) is 5.66. The Morgan fingerprint density at radius 2 is 1.94 bits per heavy atom. The normalized spacial score (nSPS) is 26.6. The Kier molecular flexibility index (Phi) is 5.09. The number of hydrogen-bond donors (Lipinski definition) is 1. The second kappa shape index (κ2) is 7.94. The van der Waals surface area contributed by atoms with E-state index in [1.807, 2.05) is 12.1 Å². The molecule has 32 heavy (non-hydrogen) atoms. The summed E-state index contributed by atoms with van der Waals surface area (Å²) in [5.74, 6) is 0.0139. The molecule has 2 aliphatic rings. The summed E-state index contributed by atoms with van der Waals surface area (Å²) in [5.41, 5.74) is 1.05. The van der Waals surface area contributed by atoms with Crippen LogP contribution in [0.25, 0.3) is 10.9 Å². The van der Waals surface area contributed by atoms with E-state index in [4.69, 9.17) is 5.26 Å². The summed E-state index contributed by atoms with van der Waals surface area (Å²) >= 11 is 0. The van der Waals surface area contributed by atoms with Gasteiger partial charge in [-0.1, -0.05) is 0 Å². The highest BCUT2D eigenvalue weighted by atomic mass is 19.1. The topological polar surface area (TPSA) is 78.7 Å². The minimum absolute atomic E-state index is 0.186. The molecule has 0 saturated heterocycles. The molecule has 2 fully saturated rings. The van der Waals surface area contributed by atoms with Crippen molar-refractivity contribution in [2.24, 2.45) is 11.8 Å². The van der Waals surface area contributed by atoms with E-state index in [9.17, 15) is 9.18 Å². The Bertz CT molecular complexity index is 1210. The summed E-state index contributed by atoms with van der Waals surface area (Å²) < 4.78 is 29.4. The lowest BCUT2D eigenvalue weighted by Crippen LogP contribution is -2.28. The van der Waals surface area contributed by atoms with Crippen molar-refractivity contribution in [2.45, 2.75) is 43.7 Å². The van der Waals surface area contributed by atoms with Gasteiger partial charge < -0.3 is 5.32 Å². The minimum atomic E-state index is -1.52. The number of benzene rings is 1. The predicted octanol–water partition coefficient (Wildman–Crippen LogP) is 5.28. The van der Waals surface area contributed by atoms with Crippen LogP contribution in [0, 0.1) is 29.0 Å². The fraction of sp³-hybridized carbons (Fsp3) is 0.360. The number of carbonyl (C=O) groups excluding carboxylic acids is 1.